The van der Waals surface area contributed by atoms with Gasteiger partial charge in [0.15, 0.2) is 5.11 Å². The Bertz CT molecular complexity index is 468. The third-order valence-electron chi connectivity index (χ3n) is 3.56. The first kappa shape index (κ1) is 15.2. The van der Waals surface area contributed by atoms with Gasteiger partial charge in [0.05, 0.1) is 30.3 Å². The van der Waals surface area contributed by atoms with Crippen molar-refractivity contribution in [2.24, 2.45) is 7.05 Å². The van der Waals surface area contributed by atoms with Crippen molar-refractivity contribution in [2.45, 2.75) is 13.8 Å². The van der Waals surface area contributed by atoms with Crippen molar-refractivity contribution in [1.82, 2.24) is 20.0 Å². The highest BCUT2D eigenvalue weighted by atomic mass is 32.1. The summed E-state index contributed by atoms with van der Waals surface area (Å²) < 4.78 is 7.18. The molecule has 20 heavy (non-hydrogen) atoms. The van der Waals surface area contributed by atoms with Gasteiger partial charge >= 0.3 is 0 Å². The number of anilines is 1. The Morgan fingerprint density at radius 3 is 2.65 bits per heavy atom. The van der Waals surface area contributed by atoms with Gasteiger partial charge in [-0.25, -0.2) is 0 Å². The Morgan fingerprint density at radius 2 is 2.05 bits per heavy atom. The SMILES string of the molecule is Cc1nn(C)c(C)c1NC(=S)NCCN1CCOCC1. The molecule has 2 rings (SSSR count). The van der Waals surface area contributed by atoms with Crippen LogP contribution in [0.4, 0.5) is 5.69 Å². The Kier molecular flexibility index (Phi) is 5.33. The average Bonchev–Trinajstić information content (AvgIpc) is 2.67. The van der Waals surface area contributed by atoms with Crippen LogP contribution in [0.15, 0.2) is 0 Å². The molecule has 112 valence electrons. The molecule has 1 aliphatic rings. The number of ether oxygens (including phenoxy) is 1. The van der Waals surface area contributed by atoms with Crippen molar-refractivity contribution in [1.29, 1.82) is 0 Å². The number of hydrogen-bond acceptors (Lipinski definition) is 4. The summed E-state index contributed by atoms with van der Waals surface area (Å²) in [4.78, 5) is 2.37. The smallest absolute Gasteiger partial charge is 0.170 e. The molecule has 7 heteroatoms. The van der Waals surface area contributed by atoms with Crippen molar-refractivity contribution in [3.8, 4) is 0 Å². The molecule has 2 N–H and O–H groups in total. The Labute approximate surface area is 125 Å². The Hall–Kier alpha value is -1.18. The number of nitrogens with one attached hydrogen (secondary N) is 2. The van der Waals surface area contributed by atoms with E-state index in [2.05, 4.69) is 20.6 Å². The molecular weight excluding hydrogens is 274 g/mol. The van der Waals surface area contributed by atoms with E-state index >= 15 is 0 Å². The number of thiocarbonyl (C=S) groups is 1. The van der Waals surface area contributed by atoms with Crippen LogP contribution >= 0.6 is 12.2 Å². The second kappa shape index (κ2) is 7.01. The van der Waals surface area contributed by atoms with Crippen LogP contribution in [0.1, 0.15) is 11.4 Å². The quantitative estimate of drug-likeness (QED) is 0.796. The van der Waals surface area contributed by atoms with Crippen LogP contribution in [0.2, 0.25) is 0 Å². The maximum atomic E-state index is 5.33. The highest BCUT2D eigenvalue weighted by molar-refractivity contribution is 7.80. The molecule has 1 aromatic rings. The topological polar surface area (TPSA) is 54.4 Å². The molecule has 1 aromatic heterocycles. The molecule has 0 unspecified atom stereocenters. The van der Waals surface area contributed by atoms with E-state index in [0.29, 0.717) is 5.11 Å². The summed E-state index contributed by atoms with van der Waals surface area (Å²) >= 11 is 5.33. The van der Waals surface area contributed by atoms with E-state index < -0.39 is 0 Å². The van der Waals surface area contributed by atoms with Gasteiger partial charge in [0, 0.05) is 33.2 Å². The maximum absolute atomic E-state index is 5.33. The fraction of sp³-hybridized carbons (Fsp3) is 0.692. The lowest BCUT2D eigenvalue weighted by molar-refractivity contribution is 0.0389. The lowest BCUT2D eigenvalue weighted by Crippen LogP contribution is -2.42. The minimum atomic E-state index is 0.650. The molecule has 0 aromatic carbocycles. The molecule has 1 aliphatic heterocycles. The van der Waals surface area contributed by atoms with Gasteiger partial charge in [-0.15, -0.1) is 0 Å². The number of nitrogens with zero attached hydrogens (tertiary/aromatic N) is 3. The first-order valence-electron chi connectivity index (χ1n) is 6.93. The van der Waals surface area contributed by atoms with E-state index in [1.807, 2.05) is 25.6 Å². The predicted molar refractivity (Wildman–Crippen MR) is 84.2 cm³/mol. The van der Waals surface area contributed by atoms with Gasteiger partial charge < -0.3 is 15.4 Å². The summed E-state index contributed by atoms with van der Waals surface area (Å²) in [6.45, 7) is 9.49. The van der Waals surface area contributed by atoms with Crippen molar-refractivity contribution in [2.75, 3.05) is 44.7 Å². The number of morpholine rings is 1. The second-order valence-corrected chi connectivity index (χ2v) is 5.41. The zero-order valence-corrected chi connectivity index (χ0v) is 13.2. The van der Waals surface area contributed by atoms with E-state index in [1.165, 1.54) is 0 Å². The van der Waals surface area contributed by atoms with Crippen LogP contribution in [0.3, 0.4) is 0 Å². The molecule has 0 atom stereocenters. The van der Waals surface area contributed by atoms with E-state index in [1.54, 1.807) is 0 Å². The van der Waals surface area contributed by atoms with E-state index in [0.717, 1.165) is 56.5 Å². The number of aryl methyl sites for hydroxylation is 2. The summed E-state index contributed by atoms with van der Waals surface area (Å²) in [6.07, 6.45) is 0. The molecule has 0 radical (unpaired) electrons. The molecule has 0 saturated carbocycles. The van der Waals surface area contributed by atoms with E-state index in [-0.39, 0.29) is 0 Å². The van der Waals surface area contributed by atoms with E-state index in [4.69, 9.17) is 17.0 Å². The fourth-order valence-electron chi connectivity index (χ4n) is 2.26. The molecule has 0 aliphatic carbocycles. The molecule has 1 saturated heterocycles. The maximum Gasteiger partial charge on any atom is 0.170 e. The third kappa shape index (κ3) is 3.91. The first-order valence-corrected chi connectivity index (χ1v) is 7.34. The van der Waals surface area contributed by atoms with Crippen molar-refractivity contribution >= 4 is 23.0 Å². The van der Waals surface area contributed by atoms with Crippen LogP contribution < -0.4 is 10.6 Å². The van der Waals surface area contributed by atoms with Crippen LogP contribution in [0, 0.1) is 13.8 Å². The van der Waals surface area contributed by atoms with Gasteiger partial charge in [0.2, 0.25) is 0 Å². The number of aromatic nitrogens is 2. The number of hydrogen-bond donors (Lipinski definition) is 2. The largest absolute Gasteiger partial charge is 0.379 e. The molecule has 0 bridgehead atoms. The Balaban J connectivity index is 1.75. The molecule has 2 heterocycles. The van der Waals surface area contributed by atoms with Gasteiger partial charge in [0.25, 0.3) is 0 Å². The van der Waals surface area contributed by atoms with Crippen LogP contribution in [0.25, 0.3) is 0 Å². The second-order valence-electron chi connectivity index (χ2n) is 5.00. The number of rotatable bonds is 4. The van der Waals surface area contributed by atoms with Crippen molar-refractivity contribution in [3.05, 3.63) is 11.4 Å². The van der Waals surface area contributed by atoms with Crippen LogP contribution in [-0.4, -0.2) is 59.2 Å². The zero-order chi connectivity index (χ0) is 14.5. The molecular formula is C13H23N5OS. The fourth-order valence-corrected chi connectivity index (χ4v) is 2.47. The molecule has 1 fully saturated rings. The third-order valence-corrected chi connectivity index (χ3v) is 3.81. The minimum Gasteiger partial charge on any atom is -0.379 e. The van der Waals surface area contributed by atoms with Gasteiger partial charge in [0.1, 0.15) is 0 Å². The van der Waals surface area contributed by atoms with Gasteiger partial charge in [-0.1, -0.05) is 0 Å². The van der Waals surface area contributed by atoms with Gasteiger partial charge in [-0.2, -0.15) is 5.10 Å². The molecule has 0 spiro atoms. The minimum absolute atomic E-state index is 0.650. The average molecular weight is 297 g/mol. The molecule has 6 nitrogen and oxygen atoms in total. The normalized spacial score (nSPS) is 16.1. The van der Waals surface area contributed by atoms with Crippen LogP contribution in [-0.2, 0) is 11.8 Å². The summed E-state index contributed by atoms with van der Waals surface area (Å²) in [5.41, 5.74) is 3.04. The first-order chi connectivity index (χ1) is 9.58. The summed E-state index contributed by atoms with van der Waals surface area (Å²) in [6, 6.07) is 0. The monoisotopic (exact) mass is 297 g/mol. The predicted octanol–water partition coefficient (Wildman–Crippen LogP) is 0.656. The molecule has 0 amide bonds. The summed E-state index contributed by atoms with van der Waals surface area (Å²) in [5.74, 6) is 0. The van der Waals surface area contributed by atoms with Gasteiger partial charge in [-0.3, -0.25) is 9.58 Å². The van der Waals surface area contributed by atoms with Crippen molar-refractivity contribution in [3.63, 3.8) is 0 Å². The highest BCUT2D eigenvalue weighted by Crippen LogP contribution is 2.17. The zero-order valence-electron chi connectivity index (χ0n) is 12.4. The van der Waals surface area contributed by atoms with E-state index in [9.17, 15) is 0 Å². The Morgan fingerprint density at radius 1 is 1.35 bits per heavy atom. The summed E-state index contributed by atoms with van der Waals surface area (Å²) in [7, 11) is 1.93. The lowest BCUT2D eigenvalue weighted by Gasteiger charge is -2.26. The van der Waals surface area contributed by atoms with Crippen molar-refractivity contribution < 1.29 is 4.74 Å². The standard InChI is InChI=1S/C13H23N5OS/c1-10-12(11(2)17(3)16-10)15-13(20)14-4-5-18-6-8-19-9-7-18/h4-9H2,1-3H3,(H2,14,15,20). The lowest BCUT2D eigenvalue weighted by atomic mass is 10.3. The summed E-state index contributed by atoms with van der Waals surface area (Å²) in [5, 5.41) is 11.5. The van der Waals surface area contributed by atoms with Crippen LogP contribution in [0.5, 0.6) is 0 Å². The van der Waals surface area contributed by atoms with Gasteiger partial charge in [-0.05, 0) is 26.1 Å². The highest BCUT2D eigenvalue weighted by Gasteiger charge is 2.12.